The number of ketones is 1. The van der Waals surface area contributed by atoms with E-state index in [9.17, 15) is 9.90 Å². The van der Waals surface area contributed by atoms with E-state index in [1.807, 2.05) is 13.8 Å². The normalized spacial score (nSPS) is 56.2. The van der Waals surface area contributed by atoms with Gasteiger partial charge in [0.2, 0.25) is 0 Å². The van der Waals surface area contributed by atoms with Gasteiger partial charge in [-0.15, -0.1) is 0 Å². The van der Waals surface area contributed by atoms with Gasteiger partial charge in [-0.2, -0.15) is 0 Å². The lowest BCUT2D eigenvalue weighted by Gasteiger charge is -2.62. The van der Waals surface area contributed by atoms with E-state index in [0.717, 1.165) is 31.6 Å². The van der Waals surface area contributed by atoms with Gasteiger partial charge < -0.3 is 9.84 Å². The largest absolute Gasteiger partial charge is 0.388 e. The third kappa shape index (κ3) is 2.70. The highest BCUT2D eigenvalue weighted by Crippen LogP contribution is 2.89. The van der Waals surface area contributed by atoms with E-state index in [1.165, 1.54) is 44.9 Å². The number of hydrogen-bond donors (Lipinski definition) is 1. The first-order valence-electron chi connectivity index (χ1n) is 14.6. The first kappa shape index (κ1) is 24.0. The molecule has 0 aromatic carbocycles. The van der Waals surface area contributed by atoms with Gasteiger partial charge in [0.15, 0.2) is 0 Å². The second kappa shape index (κ2) is 6.91. The average Bonchev–Trinajstić information content (AvgIpc) is 3.33. The van der Waals surface area contributed by atoms with Crippen molar-refractivity contribution in [2.75, 3.05) is 0 Å². The predicted molar refractivity (Wildman–Crippen MR) is 135 cm³/mol. The number of carbonyl (C=O) groups is 1. The molecule has 0 aromatic heterocycles. The zero-order valence-electron chi connectivity index (χ0n) is 23.0. The lowest BCUT2D eigenvalue weighted by atomic mass is 9.42. The Morgan fingerprint density at radius 2 is 1.59 bits per heavy atom. The summed E-state index contributed by atoms with van der Waals surface area (Å²) in [7, 11) is 0. The van der Waals surface area contributed by atoms with Crippen LogP contribution in [0.25, 0.3) is 0 Å². The molecule has 1 aliphatic heterocycles. The molecule has 1 N–H and O–H groups in total. The van der Waals surface area contributed by atoms with E-state index in [1.54, 1.807) is 0 Å². The maximum atomic E-state index is 12.9. The molecule has 6 fully saturated rings. The number of fused-ring (bicyclic) bond motifs is 4. The Morgan fingerprint density at radius 3 is 2.29 bits per heavy atom. The molecule has 0 aromatic rings. The van der Waals surface area contributed by atoms with Crippen LogP contribution in [0.2, 0.25) is 0 Å². The predicted octanol–water partition coefficient (Wildman–Crippen LogP) is 6.95. The van der Waals surface area contributed by atoms with Gasteiger partial charge in [0.25, 0.3) is 0 Å². The van der Waals surface area contributed by atoms with Crippen molar-refractivity contribution in [3.05, 3.63) is 0 Å². The van der Waals surface area contributed by atoms with Crippen LogP contribution >= 0.6 is 0 Å². The molecule has 3 heteroatoms. The lowest BCUT2D eigenvalue weighted by Crippen LogP contribution is -2.57. The number of carbonyl (C=O) groups excluding carboxylic acids is 1. The van der Waals surface area contributed by atoms with Crippen LogP contribution in [0.3, 0.4) is 0 Å². The zero-order valence-corrected chi connectivity index (χ0v) is 23.0. The average molecular weight is 471 g/mol. The Hall–Kier alpha value is -0.410. The second-order valence-electron chi connectivity index (χ2n) is 15.6. The summed E-state index contributed by atoms with van der Waals surface area (Å²) >= 11 is 0. The van der Waals surface area contributed by atoms with Gasteiger partial charge in [0.05, 0.1) is 17.8 Å². The number of aliphatic hydroxyl groups is 1. The van der Waals surface area contributed by atoms with E-state index < -0.39 is 5.60 Å². The Kier molecular flexibility index (Phi) is 4.87. The highest BCUT2D eigenvalue weighted by Gasteiger charge is 2.83. The highest BCUT2D eigenvalue weighted by atomic mass is 16.5. The van der Waals surface area contributed by atoms with Crippen molar-refractivity contribution >= 4 is 5.78 Å². The summed E-state index contributed by atoms with van der Waals surface area (Å²) in [5.41, 5.74) is 0.600. The van der Waals surface area contributed by atoms with E-state index in [0.29, 0.717) is 45.2 Å². The maximum absolute atomic E-state index is 12.9. The van der Waals surface area contributed by atoms with E-state index in [-0.39, 0.29) is 17.6 Å². The van der Waals surface area contributed by atoms with E-state index in [4.69, 9.17) is 4.74 Å². The van der Waals surface area contributed by atoms with Gasteiger partial charge in [-0.1, -0.05) is 47.5 Å². The summed E-state index contributed by atoms with van der Waals surface area (Å²) in [6.45, 7) is 16.2. The molecule has 3 nitrogen and oxygen atoms in total. The Balaban J connectivity index is 1.37. The molecule has 10 atom stereocenters. The van der Waals surface area contributed by atoms with Crippen LogP contribution in [-0.2, 0) is 9.53 Å². The summed E-state index contributed by atoms with van der Waals surface area (Å²) in [4.78, 5) is 12.9. The van der Waals surface area contributed by atoms with Crippen LogP contribution in [0.1, 0.15) is 119 Å². The molecule has 6 rings (SSSR count). The molecule has 1 saturated heterocycles. The Labute approximate surface area is 208 Å². The minimum Gasteiger partial charge on any atom is -0.388 e. The minimum atomic E-state index is -0.777. The lowest BCUT2D eigenvalue weighted by molar-refractivity contribution is -0.161. The number of ether oxygens (including phenoxy) is 1. The molecule has 0 radical (unpaired) electrons. The molecule has 6 aliphatic rings. The molecule has 5 saturated carbocycles. The van der Waals surface area contributed by atoms with Crippen molar-refractivity contribution in [3.8, 4) is 0 Å². The van der Waals surface area contributed by atoms with Crippen molar-refractivity contribution < 1.29 is 14.6 Å². The second-order valence-corrected chi connectivity index (χ2v) is 15.6. The standard InChI is InChI=1S/C31H50O3/c1-19-9-8-10-24(27(4,5)33)34-20-17-29(7)22-12-11-21-26(2,3)23(32)13-14-30(21)18-31(22,30)16-15-28(29,6)25(19)20/h19-22,24-25,33H,8-18H2,1-7H3. The zero-order chi connectivity index (χ0) is 24.5. The van der Waals surface area contributed by atoms with Gasteiger partial charge in [-0.3, -0.25) is 4.79 Å². The number of Topliss-reactive ketones (excluding diaryl/α,β-unsaturated/α-hetero) is 1. The van der Waals surface area contributed by atoms with Crippen molar-refractivity contribution in [2.24, 2.45) is 50.7 Å². The van der Waals surface area contributed by atoms with Gasteiger partial charge in [0, 0.05) is 11.8 Å². The van der Waals surface area contributed by atoms with Crippen LogP contribution in [0.5, 0.6) is 0 Å². The fourth-order valence-corrected chi connectivity index (χ4v) is 12.0. The maximum Gasteiger partial charge on any atom is 0.138 e. The molecule has 34 heavy (non-hydrogen) atoms. The number of hydrogen-bond acceptors (Lipinski definition) is 3. The molecule has 0 bridgehead atoms. The third-order valence-electron chi connectivity index (χ3n) is 13.8. The summed E-state index contributed by atoms with van der Waals surface area (Å²) < 4.78 is 6.96. The Bertz CT molecular complexity index is 886. The minimum absolute atomic E-state index is 0.0537. The van der Waals surface area contributed by atoms with E-state index >= 15 is 0 Å². The van der Waals surface area contributed by atoms with Crippen LogP contribution < -0.4 is 0 Å². The fourth-order valence-electron chi connectivity index (χ4n) is 12.0. The summed E-state index contributed by atoms with van der Waals surface area (Å²) in [6.07, 6.45) is 13.4. The first-order valence-corrected chi connectivity index (χ1v) is 14.6. The summed E-state index contributed by atoms with van der Waals surface area (Å²) in [5.74, 6) is 3.16. The molecule has 192 valence electrons. The van der Waals surface area contributed by atoms with Gasteiger partial charge >= 0.3 is 0 Å². The molecule has 10 unspecified atom stereocenters. The van der Waals surface area contributed by atoms with Gasteiger partial charge in [-0.05, 0) is 111 Å². The summed E-state index contributed by atoms with van der Waals surface area (Å²) in [6, 6.07) is 0. The van der Waals surface area contributed by atoms with Gasteiger partial charge in [0.1, 0.15) is 5.78 Å². The smallest absolute Gasteiger partial charge is 0.138 e. The van der Waals surface area contributed by atoms with Crippen molar-refractivity contribution in [1.29, 1.82) is 0 Å². The van der Waals surface area contributed by atoms with Crippen LogP contribution in [0.4, 0.5) is 0 Å². The van der Waals surface area contributed by atoms with Crippen LogP contribution in [0.15, 0.2) is 0 Å². The molecule has 2 spiro atoms. The first-order chi connectivity index (χ1) is 15.7. The molecule has 1 heterocycles. The molecule has 0 amide bonds. The van der Waals surface area contributed by atoms with Gasteiger partial charge in [-0.25, -0.2) is 0 Å². The quantitative estimate of drug-likeness (QED) is 0.451. The highest BCUT2D eigenvalue weighted by molar-refractivity contribution is 5.86. The van der Waals surface area contributed by atoms with Crippen molar-refractivity contribution in [3.63, 3.8) is 0 Å². The monoisotopic (exact) mass is 470 g/mol. The number of rotatable bonds is 1. The topological polar surface area (TPSA) is 46.5 Å². The van der Waals surface area contributed by atoms with Crippen molar-refractivity contribution in [2.45, 2.75) is 137 Å². The molecular formula is C31H50O3. The Morgan fingerprint density at radius 1 is 0.912 bits per heavy atom. The SMILES string of the molecule is CC1CCCC(C(C)(C)O)OC2CC3(C)C4CCC5C(C)(C)C(=O)CCC56CC46CCC3(C)C12. The fraction of sp³-hybridized carbons (Fsp3) is 0.968. The van der Waals surface area contributed by atoms with Crippen LogP contribution in [0, 0.1) is 50.7 Å². The van der Waals surface area contributed by atoms with Crippen molar-refractivity contribution in [1.82, 2.24) is 0 Å². The van der Waals surface area contributed by atoms with Crippen LogP contribution in [-0.4, -0.2) is 28.7 Å². The third-order valence-corrected chi connectivity index (χ3v) is 13.8. The molecule has 5 aliphatic carbocycles. The molecular weight excluding hydrogens is 420 g/mol. The van der Waals surface area contributed by atoms with E-state index in [2.05, 4.69) is 34.6 Å². The summed E-state index contributed by atoms with van der Waals surface area (Å²) in [5, 5.41) is 10.9.